The second-order valence-corrected chi connectivity index (χ2v) is 6.41. The Hall–Kier alpha value is -3.79. The molecule has 4 nitrogen and oxygen atoms in total. The van der Waals surface area contributed by atoms with Gasteiger partial charge < -0.3 is 14.7 Å². The van der Waals surface area contributed by atoms with Gasteiger partial charge in [-0.15, -0.1) is 0 Å². The average molecular weight is 352 g/mol. The summed E-state index contributed by atoms with van der Waals surface area (Å²) in [5.41, 5.74) is 3.28. The maximum atomic E-state index is 12.9. The van der Waals surface area contributed by atoms with Crippen LogP contribution in [0.5, 0.6) is 0 Å². The van der Waals surface area contributed by atoms with Gasteiger partial charge in [0.15, 0.2) is 0 Å². The molecule has 4 heteroatoms. The van der Waals surface area contributed by atoms with Crippen molar-refractivity contribution in [2.75, 3.05) is 5.32 Å². The molecule has 130 valence electrons. The van der Waals surface area contributed by atoms with E-state index in [-0.39, 0.29) is 5.56 Å². The van der Waals surface area contributed by atoms with Gasteiger partial charge in [-0.1, -0.05) is 36.4 Å². The third-order valence-electron chi connectivity index (χ3n) is 4.69. The summed E-state index contributed by atoms with van der Waals surface area (Å²) in [5.74, 6) is 0.761. The lowest BCUT2D eigenvalue weighted by Crippen LogP contribution is -2.09. The molecule has 0 atom stereocenters. The lowest BCUT2D eigenvalue weighted by molar-refractivity contribution is 0.582. The van der Waals surface area contributed by atoms with Crippen LogP contribution < -0.4 is 10.9 Å². The Labute approximate surface area is 155 Å². The minimum Gasteiger partial charge on any atom is -0.464 e. The van der Waals surface area contributed by atoms with Crippen molar-refractivity contribution in [1.29, 1.82) is 0 Å². The molecule has 0 aliphatic carbocycles. The molecule has 0 saturated heterocycles. The van der Waals surface area contributed by atoms with Crippen LogP contribution in [-0.2, 0) is 0 Å². The minimum absolute atomic E-state index is 0.117. The van der Waals surface area contributed by atoms with Crippen molar-refractivity contribution in [2.24, 2.45) is 0 Å². The molecule has 0 amide bonds. The van der Waals surface area contributed by atoms with Crippen molar-refractivity contribution in [3.8, 4) is 11.3 Å². The third-order valence-corrected chi connectivity index (χ3v) is 4.69. The Balaban J connectivity index is 1.86. The second-order valence-electron chi connectivity index (χ2n) is 6.41. The lowest BCUT2D eigenvalue weighted by Gasteiger charge is -2.13. The molecule has 0 unspecified atom stereocenters. The monoisotopic (exact) mass is 352 g/mol. The van der Waals surface area contributed by atoms with Crippen LogP contribution in [-0.4, -0.2) is 4.98 Å². The van der Waals surface area contributed by atoms with E-state index < -0.39 is 0 Å². The summed E-state index contributed by atoms with van der Waals surface area (Å²) in [7, 11) is 0. The summed E-state index contributed by atoms with van der Waals surface area (Å²) in [6.07, 6.45) is 1.65. The van der Waals surface area contributed by atoms with Crippen LogP contribution in [0, 0.1) is 0 Å². The predicted molar refractivity (Wildman–Crippen MR) is 110 cm³/mol. The quantitative estimate of drug-likeness (QED) is 0.410. The number of anilines is 2. The zero-order valence-electron chi connectivity index (χ0n) is 14.4. The Morgan fingerprint density at radius 3 is 2.44 bits per heavy atom. The third kappa shape index (κ3) is 2.68. The van der Waals surface area contributed by atoms with E-state index in [0.29, 0.717) is 5.39 Å². The number of hydrogen-bond donors (Lipinski definition) is 2. The number of aromatic nitrogens is 1. The fraction of sp³-hybridized carbons (Fsp3) is 0. The van der Waals surface area contributed by atoms with Crippen molar-refractivity contribution in [2.45, 2.75) is 0 Å². The summed E-state index contributed by atoms with van der Waals surface area (Å²) in [4.78, 5) is 15.9. The van der Waals surface area contributed by atoms with Gasteiger partial charge >= 0.3 is 0 Å². The number of furan rings is 1. The number of rotatable bonds is 3. The van der Waals surface area contributed by atoms with Gasteiger partial charge in [-0.3, -0.25) is 4.79 Å². The fourth-order valence-electron chi connectivity index (χ4n) is 3.47. The number of H-pyrrole nitrogens is 1. The van der Waals surface area contributed by atoms with Crippen LogP contribution in [0.2, 0.25) is 0 Å². The first kappa shape index (κ1) is 15.5. The van der Waals surface area contributed by atoms with Gasteiger partial charge in [-0.05, 0) is 47.9 Å². The average Bonchev–Trinajstić information content (AvgIpc) is 3.23. The van der Waals surface area contributed by atoms with Crippen LogP contribution in [0.4, 0.5) is 11.4 Å². The van der Waals surface area contributed by atoms with Crippen molar-refractivity contribution >= 4 is 33.1 Å². The van der Waals surface area contributed by atoms with E-state index >= 15 is 0 Å². The number of hydrogen-bond acceptors (Lipinski definition) is 3. The molecule has 5 rings (SSSR count). The molecular formula is C23H16N2O2. The smallest absolute Gasteiger partial charge is 0.258 e. The molecule has 0 radical (unpaired) electrons. The van der Waals surface area contributed by atoms with Crippen LogP contribution >= 0.6 is 0 Å². The van der Waals surface area contributed by atoms with E-state index in [1.807, 2.05) is 78.9 Å². The van der Waals surface area contributed by atoms with Crippen LogP contribution in [0.1, 0.15) is 0 Å². The highest BCUT2D eigenvalue weighted by Crippen LogP contribution is 2.34. The van der Waals surface area contributed by atoms with Crippen LogP contribution in [0.25, 0.3) is 33.0 Å². The molecule has 2 heterocycles. The summed E-state index contributed by atoms with van der Waals surface area (Å²) in [6, 6.07) is 25.4. The highest BCUT2D eigenvalue weighted by atomic mass is 16.3. The van der Waals surface area contributed by atoms with Gasteiger partial charge in [0.2, 0.25) is 0 Å². The van der Waals surface area contributed by atoms with Crippen molar-refractivity contribution in [1.82, 2.24) is 4.98 Å². The van der Waals surface area contributed by atoms with Crippen LogP contribution in [0.3, 0.4) is 0 Å². The highest BCUT2D eigenvalue weighted by molar-refractivity contribution is 6.11. The van der Waals surface area contributed by atoms with E-state index in [4.69, 9.17) is 4.42 Å². The first-order chi connectivity index (χ1) is 13.3. The Morgan fingerprint density at radius 2 is 1.63 bits per heavy atom. The zero-order valence-corrected chi connectivity index (χ0v) is 14.4. The first-order valence-electron chi connectivity index (χ1n) is 8.74. The van der Waals surface area contributed by atoms with Gasteiger partial charge in [0.25, 0.3) is 5.56 Å². The predicted octanol–water partition coefficient (Wildman–Crippen LogP) is 5.68. The summed E-state index contributed by atoms with van der Waals surface area (Å²) < 4.78 is 5.60. The van der Waals surface area contributed by atoms with E-state index in [0.717, 1.165) is 39.0 Å². The normalized spacial score (nSPS) is 11.1. The topological polar surface area (TPSA) is 58.0 Å². The van der Waals surface area contributed by atoms with E-state index in [9.17, 15) is 4.79 Å². The minimum atomic E-state index is -0.117. The van der Waals surface area contributed by atoms with E-state index in [1.54, 1.807) is 6.26 Å². The Morgan fingerprint density at radius 1 is 0.815 bits per heavy atom. The van der Waals surface area contributed by atoms with E-state index in [1.165, 1.54) is 0 Å². The molecule has 2 aromatic heterocycles. The molecule has 0 saturated carbocycles. The molecule has 0 fully saturated rings. The molecule has 0 aliphatic heterocycles. The molecular weight excluding hydrogens is 336 g/mol. The largest absolute Gasteiger partial charge is 0.464 e. The van der Waals surface area contributed by atoms with Gasteiger partial charge in [-0.2, -0.15) is 0 Å². The first-order valence-corrected chi connectivity index (χ1v) is 8.74. The number of pyridine rings is 1. The highest BCUT2D eigenvalue weighted by Gasteiger charge is 2.14. The summed E-state index contributed by atoms with van der Waals surface area (Å²) in [6.45, 7) is 0. The van der Waals surface area contributed by atoms with Gasteiger partial charge in [0.05, 0.1) is 17.3 Å². The maximum Gasteiger partial charge on any atom is 0.258 e. The Kier molecular flexibility index (Phi) is 3.54. The van der Waals surface area contributed by atoms with Crippen LogP contribution in [0.15, 0.2) is 94.3 Å². The zero-order chi connectivity index (χ0) is 18.2. The Bertz CT molecular complexity index is 1300. The lowest BCUT2D eigenvalue weighted by atomic mass is 10.0. The van der Waals surface area contributed by atoms with Crippen molar-refractivity contribution in [3.63, 3.8) is 0 Å². The number of aromatic amines is 1. The molecule has 5 aromatic rings. The van der Waals surface area contributed by atoms with E-state index in [2.05, 4.69) is 10.3 Å². The van der Waals surface area contributed by atoms with Gasteiger partial charge in [0, 0.05) is 22.2 Å². The maximum absolute atomic E-state index is 12.9. The molecule has 0 bridgehead atoms. The summed E-state index contributed by atoms with van der Waals surface area (Å²) >= 11 is 0. The molecule has 2 N–H and O–H groups in total. The molecule has 27 heavy (non-hydrogen) atoms. The molecule has 0 aliphatic rings. The van der Waals surface area contributed by atoms with Crippen molar-refractivity contribution in [3.05, 3.63) is 95.5 Å². The number of benzene rings is 3. The van der Waals surface area contributed by atoms with Gasteiger partial charge in [0.1, 0.15) is 5.76 Å². The standard InChI is InChI=1S/C23H16N2O2/c26-23-22-18(17-9-4-5-10-19(17)25-23)13-15(21-11-6-12-27-21)14-20(22)24-16-7-2-1-3-8-16/h1-14,24H,(H,25,26). The van der Waals surface area contributed by atoms with Crippen molar-refractivity contribution < 1.29 is 4.42 Å². The molecule has 3 aromatic carbocycles. The number of para-hydroxylation sites is 2. The summed E-state index contributed by atoms with van der Waals surface area (Å²) in [5, 5.41) is 5.91. The second kappa shape index (κ2) is 6.18. The number of nitrogens with one attached hydrogen (secondary N) is 2. The molecule has 0 spiro atoms. The van der Waals surface area contributed by atoms with Gasteiger partial charge in [-0.25, -0.2) is 0 Å². The number of fused-ring (bicyclic) bond motifs is 3. The SMILES string of the molecule is O=c1[nH]c2ccccc2c2cc(-c3ccco3)cc(Nc3ccccc3)c12. The fourth-order valence-corrected chi connectivity index (χ4v) is 3.47.